The topological polar surface area (TPSA) is 29.1 Å². The minimum Gasteiger partial charge on any atom is -0.349 e. The van der Waals surface area contributed by atoms with Gasteiger partial charge in [0.25, 0.3) is 5.91 Å². The maximum absolute atomic E-state index is 13.6. The third-order valence-electron chi connectivity index (χ3n) is 3.66. The van der Waals surface area contributed by atoms with Crippen molar-refractivity contribution in [2.75, 3.05) is 0 Å². The minimum atomic E-state index is -0.496. The van der Waals surface area contributed by atoms with Gasteiger partial charge in [-0.05, 0) is 43.9 Å². The van der Waals surface area contributed by atoms with Crippen molar-refractivity contribution in [1.29, 1.82) is 0 Å². The Bertz CT molecular complexity index is 443. The Morgan fingerprint density at radius 3 is 2.78 bits per heavy atom. The molecule has 0 bridgehead atoms. The van der Waals surface area contributed by atoms with Crippen LogP contribution in [-0.2, 0) is 0 Å². The van der Waals surface area contributed by atoms with Crippen molar-refractivity contribution in [3.05, 3.63) is 29.6 Å². The van der Waals surface area contributed by atoms with Crippen molar-refractivity contribution in [2.24, 2.45) is 5.92 Å². The lowest BCUT2D eigenvalue weighted by molar-refractivity contribution is 0.0923. The fourth-order valence-corrected chi connectivity index (χ4v) is 2.75. The van der Waals surface area contributed by atoms with Crippen LogP contribution in [0.25, 0.3) is 0 Å². The minimum absolute atomic E-state index is 0.0762. The lowest BCUT2D eigenvalue weighted by atomic mass is 9.99. The Hall–Kier alpha value is -1.03. The molecule has 4 heteroatoms. The first-order chi connectivity index (χ1) is 8.58. The molecular weight excluding hydrogens is 249 g/mol. The van der Waals surface area contributed by atoms with Crippen LogP contribution in [0, 0.1) is 11.7 Å². The third-order valence-corrected chi connectivity index (χ3v) is 3.94. The Kier molecular flexibility index (Phi) is 4.27. The van der Waals surface area contributed by atoms with E-state index in [-0.39, 0.29) is 17.5 Å². The van der Waals surface area contributed by atoms with Gasteiger partial charge in [-0.1, -0.05) is 12.8 Å². The highest BCUT2D eigenvalue weighted by Gasteiger charge is 2.23. The van der Waals surface area contributed by atoms with E-state index in [1.54, 1.807) is 0 Å². The van der Waals surface area contributed by atoms with Crippen LogP contribution in [0.15, 0.2) is 23.1 Å². The van der Waals surface area contributed by atoms with Gasteiger partial charge >= 0.3 is 0 Å². The van der Waals surface area contributed by atoms with Crippen LogP contribution in [0.4, 0.5) is 4.39 Å². The van der Waals surface area contributed by atoms with Crippen LogP contribution in [0.3, 0.4) is 0 Å². The number of halogens is 1. The molecule has 98 valence electrons. The molecule has 2 nitrogen and oxygen atoms in total. The van der Waals surface area contributed by atoms with Gasteiger partial charge < -0.3 is 5.32 Å². The summed E-state index contributed by atoms with van der Waals surface area (Å²) < 4.78 is 13.6. The van der Waals surface area contributed by atoms with E-state index in [0.717, 1.165) is 12.8 Å². The summed E-state index contributed by atoms with van der Waals surface area (Å²) in [4.78, 5) is 12.6. The number of benzene rings is 1. The van der Waals surface area contributed by atoms with E-state index in [0.29, 0.717) is 10.8 Å². The highest BCUT2D eigenvalue weighted by molar-refractivity contribution is 7.80. The van der Waals surface area contributed by atoms with Crippen molar-refractivity contribution < 1.29 is 9.18 Å². The zero-order valence-electron chi connectivity index (χ0n) is 10.4. The molecule has 1 unspecified atom stereocenters. The normalized spacial score (nSPS) is 17.7. The van der Waals surface area contributed by atoms with Gasteiger partial charge in [0, 0.05) is 10.9 Å². The summed E-state index contributed by atoms with van der Waals surface area (Å²) in [6.45, 7) is 2.00. The summed E-state index contributed by atoms with van der Waals surface area (Å²) in [7, 11) is 0. The van der Waals surface area contributed by atoms with Gasteiger partial charge in [-0.3, -0.25) is 4.79 Å². The van der Waals surface area contributed by atoms with Gasteiger partial charge in [-0.2, -0.15) is 0 Å². The third kappa shape index (κ3) is 3.05. The molecule has 1 atom stereocenters. The van der Waals surface area contributed by atoms with Gasteiger partial charge in [0.05, 0.1) is 5.56 Å². The number of thiol groups is 1. The first-order valence-corrected chi connectivity index (χ1v) is 6.82. The average Bonchev–Trinajstić information content (AvgIpc) is 2.85. The SMILES string of the molecule is CC(NC(=O)c1cc(S)ccc1F)C1CCCC1. The second-order valence-corrected chi connectivity index (χ2v) is 5.49. The lowest BCUT2D eigenvalue weighted by Crippen LogP contribution is -2.37. The number of rotatable bonds is 3. The van der Waals surface area contributed by atoms with Crippen LogP contribution < -0.4 is 5.32 Å². The van der Waals surface area contributed by atoms with Gasteiger partial charge in [-0.15, -0.1) is 12.6 Å². The molecule has 0 radical (unpaired) electrons. The summed E-state index contributed by atoms with van der Waals surface area (Å²) in [6.07, 6.45) is 4.75. The van der Waals surface area contributed by atoms with E-state index in [4.69, 9.17) is 0 Å². The van der Waals surface area contributed by atoms with Crippen molar-refractivity contribution in [1.82, 2.24) is 5.32 Å². The molecule has 0 spiro atoms. The molecule has 0 aliphatic heterocycles. The number of nitrogens with one attached hydrogen (secondary N) is 1. The van der Waals surface area contributed by atoms with Crippen LogP contribution in [0.1, 0.15) is 43.0 Å². The molecule has 1 aliphatic rings. The predicted molar refractivity (Wildman–Crippen MR) is 72.5 cm³/mol. The number of carbonyl (C=O) groups is 1. The molecule has 1 N–H and O–H groups in total. The maximum atomic E-state index is 13.6. The number of amides is 1. The second kappa shape index (κ2) is 5.74. The molecular formula is C14H18FNOS. The second-order valence-electron chi connectivity index (χ2n) is 4.97. The van der Waals surface area contributed by atoms with Crippen molar-refractivity contribution in [2.45, 2.75) is 43.5 Å². The first-order valence-electron chi connectivity index (χ1n) is 6.37. The van der Waals surface area contributed by atoms with Gasteiger partial charge in [0.2, 0.25) is 0 Å². The van der Waals surface area contributed by atoms with E-state index in [1.165, 1.54) is 31.0 Å². The Morgan fingerprint density at radius 1 is 1.44 bits per heavy atom. The van der Waals surface area contributed by atoms with Crippen LogP contribution in [0.5, 0.6) is 0 Å². The summed E-state index contributed by atoms with van der Waals surface area (Å²) in [5.74, 6) is -0.317. The summed E-state index contributed by atoms with van der Waals surface area (Å²) in [5, 5.41) is 2.89. The fourth-order valence-electron chi connectivity index (χ4n) is 2.55. The largest absolute Gasteiger partial charge is 0.349 e. The molecule has 18 heavy (non-hydrogen) atoms. The molecule has 0 saturated heterocycles. The molecule has 1 aliphatic carbocycles. The number of hydrogen-bond acceptors (Lipinski definition) is 2. The molecule has 0 aromatic heterocycles. The highest BCUT2D eigenvalue weighted by atomic mass is 32.1. The van der Waals surface area contributed by atoms with Crippen LogP contribution in [0.2, 0.25) is 0 Å². The summed E-state index contributed by atoms with van der Waals surface area (Å²) >= 11 is 4.13. The van der Waals surface area contributed by atoms with E-state index in [2.05, 4.69) is 17.9 Å². The lowest BCUT2D eigenvalue weighted by Gasteiger charge is -2.20. The molecule has 1 amide bonds. The Balaban J connectivity index is 2.04. The number of hydrogen-bond donors (Lipinski definition) is 2. The van der Waals surface area contributed by atoms with Crippen LogP contribution in [-0.4, -0.2) is 11.9 Å². The van der Waals surface area contributed by atoms with E-state index < -0.39 is 5.82 Å². The highest BCUT2D eigenvalue weighted by Crippen LogP contribution is 2.27. The molecule has 1 aromatic rings. The fraction of sp³-hybridized carbons (Fsp3) is 0.500. The summed E-state index contributed by atoms with van der Waals surface area (Å²) in [6, 6.07) is 4.38. The quantitative estimate of drug-likeness (QED) is 0.807. The van der Waals surface area contributed by atoms with Crippen molar-refractivity contribution in [3.63, 3.8) is 0 Å². The van der Waals surface area contributed by atoms with Crippen molar-refractivity contribution in [3.8, 4) is 0 Å². The van der Waals surface area contributed by atoms with Gasteiger partial charge in [0.15, 0.2) is 0 Å². The molecule has 1 saturated carbocycles. The van der Waals surface area contributed by atoms with Crippen molar-refractivity contribution >= 4 is 18.5 Å². The monoisotopic (exact) mass is 267 g/mol. The first kappa shape index (κ1) is 13.4. The van der Waals surface area contributed by atoms with Gasteiger partial charge in [0.1, 0.15) is 5.82 Å². The standard InChI is InChI=1S/C14H18FNOS/c1-9(10-4-2-3-5-10)16-14(17)12-8-11(18)6-7-13(12)15/h6-10,18H,2-5H2,1H3,(H,16,17). The van der Waals surface area contributed by atoms with Crippen LogP contribution >= 0.6 is 12.6 Å². The molecule has 1 fully saturated rings. The van der Waals surface area contributed by atoms with E-state index in [9.17, 15) is 9.18 Å². The zero-order valence-corrected chi connectivity index (χ0v) is 11.3. The Morgan fingerprint density at radius 2 is 2.11 bits per heavy atom. The summed E-state index contributed by atoms with van der Waals surface area (Å²) in [5.41, 5.74) is 0.0762. The molecule has 0 heterocycles. The van der Waals surface area contributed by atoms with E-state index in [1.807, 2.05) is 6.92 Å². The Labute approximate surface area is 112 Å². The average molecular weight is 267 g/mol. The zero-order chi connectivity index (χ0) is 13.1. The number of carbonyl (C=O) groups excluding carboxylic acids is 1. The molecule has 2 rings (SSSR count). The maximum Gasteiger partial charge on any atom is 0.254 e. The van der Waals surface area contributed by atoms with Gasteiger partial charge in [-0.25, -0.2) is 4.39 Å². The molecule has 1 aromatic carbocycles. The smallest absolute Gasteiger partial charge is 0.254 e. The van der Waals surface area contributed by atoms with E-state index >= 15 is 0 Å². The predicted octanol–water partition coefficient (Wildman–Crippen LogP) is 3.42.